The van der Waals surface area contributed by atoms with E-state index < -0.39 is 0 Å². The molecule has 0 radical (unpaired) electrons. The van der Waals surface area contributed by atoms with Crippen molar-refractivity contribution in [2.75, 3.05) is 0 Å². The zero-order chi connectivity index (χ0) is 17.9. The van der Waals surface area contributed by atoms with Crippen molar-refractivity contribution in [2.24, 2.45) is 33.9 Å². The van der Waals surface area contributed by atoms with Crippen molar-refractivity contribution in [3.05, 3.63) is 77.2 Å². The fourth-order valence-electron chi connectivity index (χ4n) is 4.29. The van der Waals surface area contributed by atoms with Gasteiger partial charge in [0.25, 0.3) is 0 Å². The Balaban J connectivity index is 1.48. The first-order chi connectivity index (χ1) is 12.7. The second-order valence-electron chi connectivity index (χ2n) is 7.36. The van der Waals surface area contributed by atoms with Gasteiger partial charge in [-0.1, -0.05) is 66.5 Å². The highest BCUT2D eigenvalue weighted by Crippen LogP contribution is 2.38. The van der Waals surface area contributed by atoms with Crippen LogP contribution in [-0.2, 0) is 6.42 Å². The van der Waals surface area contributed by atoms with Gasteiger partial charge in [-0.25, -0.2) is 0 Å². The Hall–Kier alpha value is -2.75. The van der Waals surface area contributed by atoms with Gasteiger partial charge in [-0.2, -0.15) is 5.22 Å². The maximum Gasteiger partial charge on any atom is -0.00429 e. The van der Waals surface area contributed by atoms with Crippen molar-refractivity contribution in [3.8, 4) is 0 Å². The summed E-state index contributed by atoms with van der Waals surface area (Å²) in [5.41, 5.74) is 2.71. The lowest BCUT2D eigenvalue weighted by Crippen LogP contribution is -2.23. The first-order valence-electron chi connectivity index (χ1n) is 9.27. The van der Waals surface area contributed by atoms with Crippen LogP contribution >= 0.6 is 0 Å². The molecule has 2 aromatic rings. The third-order valence-corrected chi connectivity index (χ3v) is 5.64. The molecule has 26 heavy (non-hydrogen) atoms. The van der Waals surface area contributed by atoms with E-state index in [2.05, 4.69) is 71.0 Å². The molecule has 0 heterocycles. The van der Waals surface area contributed by atoms with E-state index in [4.69, 9.17) is 5.84 Å². The summed E-state index contributed by atoms with van der Waals surface area (Å²) in [7, 11) is 0. The molecule has 4 nitrogen and oxygen atoms in total. The van der Waals surface area contributed by atoms with E-state index in [0.29, 0.717) is 11.8 Å². The standard InChI is InChI=1S/C22H23N4/c23-22(25-26-24)21-10-9-19-13-16(6-8-20(19)14-21)11-15-5-7-17-3-1-2-4-18(17)12-15/h1-8,12,14,16,19,21H,9-11,13H2,(H2-,23,24,25)/q-1. The number of nitrogens with two attached hydrogens (primary N) is 1. The van der Waals surface area contributed by atoms with Crippen LogP contribution in [0.4, 0.5) is 0 Å². The molecule has 0 saturated carbocycles. The fourth-order valence-corrected chi connectivity index (χ4v) is 4.29. The maximum atomic E-state index is 9.91. The molecule has 2 aliphatic rings. The van der Waals surface area contributed by atoms with Gasteiger partial charge < -0.3 is 16.4 Å². The first kappa shape index (κ1) is 16.7. The van der Waals surface area contributed by atoms with Gasteiger partial charge in [0.2, 0.25) is 0 Å². The van der Waals surface area contributed by atoms with Crippen molar-refractivity contribution >= 4 is 16.6 Å². The SMILES string of the molecule is [N-]=C(N=NN)C1C=C2C=CC(Cc3ccc4ccccc4c3)CC2CC1. The fraction of sp³-hybridized carbons (Fsp3) is 0.318. The molecule has 0 amide bonds. The molecule has 2 aliphatic carbocycles. The van der Waals surface area contributed by atoms with Gasteiger partial charge in [-0.05, 0) is 65.3 Å². The van der Waals surface area contributed by atoms with E-state index in [1.165, 1.54) is 28.3 Å². The molecule has 3 unspecified atom stereocenters. The van der Waals surface area contributed by atoms with Gasteiger partial charge in [0.05, 0.1) is 0 Å². The van der Waals surface area contributed by atoms with Crippen LogP contribution in [-0.4, -0.2) is 5.84 Å². The summed E-state index contributed by atoms with van der Waals surface area (Å²) in [6, 6.07) is 15.3. The monoisotopic (exact) mass is 343 g/mol. The number of hydrogen-bond acceptors (Lipinski definition) is 1. The van der Waals surface area contributed by atoms with E-state index >= 15 is 0 Å². The van der Waals surface area contributed by atoms with E-state index in [1.807, 2.05) is 0 Å². The lowest BCUT2D eigenvalue weighted by Gasteiger charge is -2.34. The Morgan fingerprint density at radius 1 is 1.12 bits per heavy atom. The van der Waals surface area contributed by atoms with Crippen LogP contribution in [0.2, 0.25) is 0 Å². The van der Waals surface area contributed by atoms with E-state index in [-0.39, 0.29) is 11.8 Å². The Labute approximate surface area is 154 Å². The molecule has 0 fully saturated rings. The molecule has 0 saturated heterocycles. The highest BCUT2D eigenvalue weighted by atomic mass is 15.3. The lowest BCUT2D eigenvalue weighted by atomic mass is 9.73. The van der Waals surface area contributed by atoms with Crippen molar-refractivity contribution < 1.29 is 0 Å². The highest BCUT2D eigenvalue weighted by Gasteiger charge is 2.26. The summed E-state index contributed by atoms with van der Waals surface area (Å²) in [4.78, 5) is 0. The van der Waals surface area contributed by atoms with Crippen LogP contribution in [0.1, 0.15) is 24.8 Å². The molecule has 2 aromatic carbocycles. The van der Waals surface area contributed by atoms with Crippen LogP contribution in [0.5, 0.6) is 0 Å². The lowest BCUT2D eigenvalue weighted by molar-refractivity contribution is 0.395. The summed E-state index contributed by atoms with van der Waals surface area (Å²) in [5.74, 6) is 6.13. The molecule has 2 N–H and O–H groups in total. The van der Waals surface area contributed by atoms with E-state index in [9.17, 15) is 5.41 Å². The quantitative estimate of drug-likeness (QED) is 0.268. The molecule has 132 valence electrons. The van der Waals surface area contributed by atoms with Crippen molar-refractivity contribution in [1.29, 1.82) is 0 Å². The average Bonchev–Trinajstić information content (AvgIpc) is 2.67. The Bertz CT molecular complexity index is 909. The van der Waals surface area contributed by atoms with Gasteiger partial charge in [-0.3, -0.25) is 0 Å². The number of allylic oxidation sites excluding steroid dienone is 3. The largest absolute Gasteiger partial charge is 0.467 e. The topological polar surface area (TPSA) is 73.0 Å². The van der Waals surface area contributed by atoms with Gasteiger partial charge in [0, 0.05) is 0 Å². The van der Waals surface area contributed by atoms with Crippen molar-refractivity contribution in [1.82, 2.24) is 0 Å². The van der Waals surface area contributed by atoms with Crippen LogP contribution in [0.3, 0.4) is 0 Å². The zero-order valence-electron chi connectivity index (χ0n) is 14.8. The van der Waals surface area contributed by atoms with E-state index in [1.54, 1.807) is 0 Å². The Morgan fingerprint density at radius 2 is 1.96 bits per heavy atom. The number of hydrogen-bond donors (Lipinski definition) is 1. The second kappa shape index (κ2) is 7.24. The predicted octanol–water partition coefficient (Wildman–Crippen LogP) is 5.20. The molecular formula is C22H23N4-. The highest BCUT2D eigenvalue weighted by molar-refractivity contribution is 5.89. The smallest absolute Gasteiger partial charge is 0.00429 e. The van der Waals surface area contributed by atoms with Crippen molar-refractivity contribution in [3.63, 3.8) is 0 Å². The van der Waals surface area contributed by atoms with E-state index in [0.717, 1.165) is 19.3 Å². The summed E-state index contributed by atoms with van der Waals surface area (Å²) in [6.07, 6.45) is 10.9. The summed E-state index contributed by atoms with van der Waals surface area (Å²) >= 11 is 0. The molecule has 0 bridgehead atoms. The molecular weight excluding hydrogens is 320 g/mol. The predicted molar refractivity (Wildman–Crippen MR) is 107 cm³/mol. The molecule has 4 rings (SSSR count). The van der Waals surface area contributed by atoms with Gasteiger partial charge in [0.15, 0.2) is 0 Å². The molecule has 4 heteroatoms. The number of nitrogens with zero attached hydrogens (tertiary/aromatic N) is 3. The maximum absolute atomic E-state index is 9.91. The number of amidine groups is 1. The third kappa shape index (κ3) is 3.45. The summed E-state index contributed by atoms with van der Waals surface area (Å²) < 4.78 is 0. The zero-order valence-corrected chi connectivity index (χ0v) is 14.8. The van der Waals surface area contributed by atoms with Gasteiger partial charge in [0.1, 0.15) is 0 Å². The summed E-state index contributed by atoms with van der Waals surface area (Å²) in [6.45, 7) is 0. The first-order valence-corrected chi connectivity index (χ1v) is 9.27. The van der Waals surface area contributed by atoms with Crippen LogP contribution in [0, 0.1) is 17.8 Å². The van der Waals surface area contributed by atoms with Gasteiger partial charge >= 0.3 is 0 Å². The Kier molecular flexibility index (Phi) is 4.65. The Morgan fingerprint density at radius 3 is 2.81 bits per heavy atom. The third-order valence-electron chi connectivity index (χ3n) is 5.64. The minimum Gasteiger partial charge on any atom is -0.467 e. The minimum absolute atomic E-state index is 0.0186. The molecule has 0 aromatic heterocycles. The summed E-state index contributed by atoms with van der Waals surface area (Å²) in [5, 5.41) is 19.3. The number of rotatable bonds is 3. The van der Waals surface area contributed by atoms with Gasteiger partial charge in [-0.15, -0.1) is 0 Å². The number of benzene rings is 2. The van der Waals surface area contributed by atoms with Crippen LogP contribution < -0.4 is 5.84 Å². The molecule has 0 aliphatic heterocycles. The van der Waals surface area contributed by atoms with Crippen LogP contribution in [0.25, 0.3) is 16.2 Å². The minimum atomic E-state index is -0.0600. The number of fused-ring (bicyclic) bond motifs is 2. The normalized spacial score (nSPS) is 25.2. The van der Waals surface area contributed by atoms with Crippen LogP contribution in [0.15, 0.2) is 76.6 Å². The second-order valence-corrected chi connectivity index (χ2v) is 7.36. The average molecular weight is 343 g/mol. The van der Waals surface area contributed by atoms with Crippen molar-refractivity contribution in [2.45, 2.75) is 25.7 Å². The molecule has 0 spiro atoms. The molecule has 3 atom stereocenters.